The number of aromatic nitrogens is 1. The van der Waals surface area contributed by atoms with E-state index in [0.717, 1.165) is 38.5 Å². The molecule has 2 aliphatic rings. The van der Waals surface area contributed by atoms with E-state index in [1.807, 2.05) is 0 Å². The number of halogens is 2. The molecule has 1 heterocycles. The van der Waals surface area contributed by atoms with Crippen LogP contribution in [0.2, 0.25) is 0 Å². The van der Waals surface area contributed by atoms with E-state index in [9.17, 15) is 9.59 Å². The van der Waals surface area contributed by atoms with Crippen LogP contribution in [0.15, 0.2) is 18.3 Å². The molecular weight excluding hydrogens is 351 g/mol. The summed E-state index contributed by atoms with van der Waals surface area (Å²) in [6, 6.07) is 3.60. The molecule has 2 saturated carbocycles. The normalized spacial score (nSPS) is 22.5. The van der Waals surface area contributed by atoms with Crippen molar-refractivity contribution in [2.24, 2.45) is 17.6 Å². The highest BCUT2D eigenvalue weighted by Gasteiger charge is 2.29. The van der Waals surface area contributed by atoms with Crippen LogP contribution in [0.1, 0.15) is 38.5 Å². The third kappa shape index (κ3) is 5.61. The van der Waals surface area contributed by atoms with Crippen LogP contribution in [0.25, 0.3) is 0 Å². The molecule has 0 radical (unpaired) electrons. The third-order valence-electron chi connectivity index (χ3n) is 4.32. The molecule has 2 unspecified atom stereocenters. The first-order valence-electron chi connectivity index (χ1n) is 7.95. The van der Waals surface area contributed by atoms with Gasteiger partial charge >= 0.3 is 0 Å². The summed E-state index contributed by atoms with van der Waals surface area (Å²) in [7, 11) is 0. The molecular formula is C16H24Cl2N4O2. The van der Waals surface area contributed by atoms with E-state index in [2.05, 4.69) is 15.6 Å². The lowest BCUT2D eigenvalue weighted by atomic mass is 9.85. The molecule has 1 aromatic heterocycles. The SMILES string of the molecule is Cl.Cl.NC1CCCC(C(=O)Nc2ccc(NC(=O)C3CC3)nc2)C1. The summed E-state index contributed by atoms with van der Waals surface area (Å²) in [5, 5.41) is 5.65. The van der Waals surface area contributed by atoms with Crippen LogP contribution in [-0.2, 0) is 9.59 Å². The molecule has 2 amide bonds. The van der Waals surface area contributed by atoms with Crippen molar-refractivity contribution >= 4 is 48.1 Å². The minimum absolute atomic E-state index is 0. The van der Waals surface area contributed by atoms with E-state index >= 15 is 0 Å². The van der Waals surface area contributed by atoms with Crippen LogP contribution >= 0.6 is 24.8 Å². The van der Waals surface area contributed by atoms with Crippen molar-refractivity contribution in [3.63, 3.8) is 0 Å². The summed E-state index contributed by atoms with van der Waals surface area (Å²) in [5.41, 5.74) is 6.57. The fourth-order valence-electron chi connectivity index (χ4n) is 2.83. The Hall–Kier alpha value is -1.37. The second-order valence-corrected chi connectivity index (χ2v) is 6.31. The maximum Gasteiger partial charge on any atom is 0.228 e. The topological polar surface area (TPSA) is 97.1 Å². The van der Waals surface area contributed by atoms with Gasteiger partial charge in [-0.3, -0.25) is 9.59 Å². The van der Waals surface area contributed by atoms with Crippen LogP contribution in [0.3, 0.4) is 0 Å². The van der Waals surface area contributed by atoms with E-state index in [4.69, 9.17) is 5.73 Å². The zero-order chi connectivity index (χ0) is 15.5. The first-order chi connectivity index (χ1) is 10.6. The van der Waals surface area contributed by atoms with Gasteiger partial charge in [-0.25, -0.2) is 4.98 Å². The molecule has 0 aliphatic heterocycles. The van der Waals surface area contributed by atoms with Crippen molar-refractivity contribution in [3.05, 3.63) is 18.3 Å². The first kappa shape index (κ1) is 20.7. The lowest BCUT2D eigenvalue weighted by Gasteiger charge is -2.25. The molecule has 6 nitrogen and oxygen atoms in total. The highest BCUT2D eigenvalue weighted by molar-refractivity contribution is 5.94. The highest BCUT2D eigenvalue weighted by atomic mass is 35.5. The van der Waals surface area contributed by atoms with Crippen LogP contribution < -0.4 is 16.4 Å². The Morgan fingerprint density at radius 3 is 2.29 bits per heavy atom. The van der Waals surface area contributed by atoms with Gasteiger partial charge in [-0.05, 0) is 44.2 Å². The van der Waals surface area contributed by atoms with Crippen molar-refractivity contribution in [1.82, 2.24) is 4.98 Å². The summed E-state index contributed by atoms with van der Waals surface area (Å²) in [5.74, 6) is 0.691. The van der Waals surface area contributed by atoms with Gasteiger partial charge in [-0.2, -0.15) is 0 Å². The number of anilines is 2. The van der Waals surface area contributed by atoms with E-state index in [-0.39, 0.29) is 54.5 Å². The Bertz CT molecular complexity index is 564. The van der Waals surface area contributed by atoms with Gasteiger partial charge in [0.05, 0.1) is 11.9 Å². The Balaban J connectivity index is 0.00000144. The maximum absolute atomic E-state index is 12.2. The van der Waals surface area contributed by atoms with Crippen molar-refractivity contribution < 1.29 is 9.59 Å². The molecule has 0 spiro atoms. The molecule has 134 valence electrons. The van der Waals surface area contributed by atoms with Crippen LogP contribution in [-0.4, -0.2) is 22.8 Å². The number of hydrogen-bond acceptors (Lipinski definition) is 4. The zero-order valence-corrected chi connectivity index (χ0v) is 15.0. The molecule has 2 atom stereocenters. The standard InChI is InChI=1S/C16H22N4O2.2ClH/c17-12-3-1-2-11(8-12)16(22)19-13-6-7-14(18-9-13)20-15(21)10-4-5-10;;/h6-7,9-12H,1-5,8,17H2,(H,19,22)(H,18,20,21);2*1H. The van der Waals surface area contributed by atoms with Gasteiger partial charge in [0, 0.05) is 17.9 Å². The second kappa shape index (κ2) is 9.20. The molecule has 1 aromatic rings. The average Bonchev–Trinajstić information content (AvgIpc) is 3.34. The zero-order valence-electron chi connectivity index (χ0n) is 13.4. The predicted octanol–water partition coefficient (Wildman–Crippen LogP) is 2.73. The molecule has 3 rings (SSSR count). The van der Waals surface area contributed by atoms with Gasteiger partial charge in [0.1, 0.15) is 5.82 Å². The number of carbonyl (C=O) groups excluding carboxylic acids is 2. The molecule has 0 saturated heterocycles. The van der Waals surface area contributed by atoms with E-state index in [1.54, 1.807) is 18.3 Å². The van der Waals surface area contributed by atoms with Gasteiger partial charge in [0.15, 0.2) is 0 Å². The third-order valence-corrected chi connectivity index (χ3v) is 4.32. The lowest BCUT2D eigenvalue weighted by Crippen LogP contribution is -2.34. The summed E-state index contributed by atoms with van der Waals surface area (Å²) >= 11 is 0. The Kier molecular flexibility index (Phi) is 7.93. The van der Waals surface area contributed by atoms with Crippen LogP contribution in [0.5, 0.6) is 0 Å². The first-order valence-corrected chi connectivity index (χ1v) is 7.95. The summed E-state index contributed by atoms with van der Waals surface area (Å²) < 4.78 is 0. The van der Waals surface area contributed by atoms with Crippen molar-refractivity contribution in [2.45, 2.75) is 44.6 Å². The van der Waals surface area contributed by atoms with E-state index in [1.165, 1.54) is 0 Å². The average molecular weight is 375 g/mol. The number of rotatable bonds is 4. The summed E-state index contributed by atoms with van der Waals surface area (Å²) in [6.07, 6.45) is 7.14. The van der Waals surface area contributed by atoms with E-state index < -0.39 is 0 Å². The quantitative estimate of drug-likeness (QED) is 0.754. The Morgan fingerprint density at radius 2 is 1.71 bits per heavy atom. The molecule has 2 aliphatic carbocycles. The van der Waals surface area contributed by atoms with Gasteiger partial charge in [-0.1, -0.05) is 6.42 Å². The lowest BCUT2D eigenvalue weighted by molar-refractivity contribution is -0.121. The summed E-state index contributed by atoms with van der Waals surface area (Å²) in [6.45, 7) is 0. The number of nitrogens with zero attached hydrogens (tertiary/aromatic N) is 1. The second-order valence-electron chi connectivity index (χ2n) is 6.31. The molecule has 24 heavy (non-hydrogen) atoms. The fourth-order valence-corrected chi connectivity index (χ4v) is 2.83. The number of hydrogen-bond donors (Lipinski definition) is 3. The van der Waals surface area contributed by atoms with Crippen molar-refractivity contribution in [1.29, 1.82) is 0 Å². The van der Waals surface area contributed by atoms with Crippen LogP contribution in [0, 0.1) is 11.8 Å². The van der Waals surface area contributed by atoms with Gasteiger partial charge in [0.2, 0.25) is 11.8 Å². The minimum atomic E-state index is -0.0157. The van der Waals surface area contributed by atoms with Gasteiger partial charge in [0.25, 0.3) is 0 Å². The van der Waals surface area contributed by atoms with Crippen molar-refractivity contribution in [3.8, 4) is 0 Å². The molecule has 2 fully saturated rings. The molecule has 0 bridgehead atoms. The number of nitrogens with two attached hydrogens (primary N) is 1. The Morgan fingerprint density at radius 1 is 1.00 bits per heavy atom. The van der Waals surface area contributed by atoms with Gasteiger partial charge < -0.3 is 16.4 Å². The number of amides is 2. The van der Waals surface area contributed by atoms with Crippen LogP contribution in [0.4, 0.5) is 11.5 Å². The molecule has 4 N–H and O–H groups in total. The summed E-state index contributed by atoms with van der Waals surface area (Å²) in [4.78, 5) is 28.0. The number of carbonyl (C=O) groups is 2. The molecule has 8 heteroatoms. The largest absolute Gasteiger partial charge is 0.328 e. The highest BCUT2D eigenvalue weighted by Crippen LogP contribution is 2.30. The minimum Gasteiger partial charge on any atom is -0.328 e. The van der Waals surface area contributed by atoms with E-state index in [0.29, 0.717) is 11.5 Å². The smallest absolute Gasteiger partial charge is 0.228 e. The predicted molar refractivity (Wildman–Crippen MR) is 98.6 cm³/mol. The molecule has 0 aromatic carbocycles. The van der Waals surface area contributed by atoms with Crippen molar-refractivity contribution in [2.75, 3.05) is 10.6 Å². The monoisotopic (exact) mass is 374 g/mol. The number of pyridine rings is 1. The fraction of sp³-hybridized carbons (Fsp3) is 0.562. The number of nitrogens with one attached hydrogen (secondary N) is 2. The Labute approximate surface area is 154 Å². The maximum atomic E-state index is 12.2. The van der Waals surface area contributed by atoms with Gasteiger partial charge in [-0.15, -0.1) is 24.8 Å².